The van der Waals surface area contributed by atoms with E-state index in [2.05, 4.69) is 31.0 Å². The first-order valence-electron chi connectivity index (χ1n) is 5.18. The van der Waals surface area contributed by atoms with Crippen molar-refractivity contribution in [2.24, 2.45) is 0 Å². The van der Waals surface area contributed by atoms with E-state index in [1.807, 2.05) is 20.8 Å². The minimum Gasteiger partial charge on any atom is -0.292 e. The lowest BCUT2D eigenvalue weighted by Gasteiger charge is -2.16. The lowest BCUT2D eigenvalue weighted by Crippen LogP contribution is -2.16. The number of aromatic nitrogens is 4. The average Bonchev–Trinajstić information content (AvgIpc) is 2.57. The zero-order chi connectivity index (χ0) is 12.6. The highest BCUT2D eigenvalue weighted by molar-refractivity contribution is 9.10. The Labute approximate surface area is 107 Å². The molecule has 0 amide bonds. The second kappa shape index (κ2) is 4.10. The van der Waals surface area contributed by atoms with E-state index in [4.69, 9.17) is 0 Å². The Balaban J connectivity index is 2.63. The number of hydrogen-bond donors (Lipinski definition) is 1. The smallest absolute Gasteiger partial charge is 0.287 e. The molecule has 0 aliphatic carbocycles. The molecule has 2 aromatic rings. The third-order valence-electron chi connectivity index (χ3n) is 2.36. The molecule has 2 aromatic heterocycles. The van der Waals surface area contributed by atoms with Crippen molar-refractivity contribution in [2.45, 2.75) is 26.2 Å². The Kier molecular flexibility index (Phi) is 2.91. The van der Waals surface area contributed by atoms with Crippen LogP contribution in [-0.2, 0) is 5.41 Å². The Morgan fingerprint density at radius 1 is 1.35 bits per heavy atom. The standard InChI is InChI=1S/C11H13BrN4O/c1-11(2,3)9-8(12)10(17)16(15-9)7-6-13-4-5-14-7/h4-6,15H,1-3H3. The summed E-state index contributed by atoms with van der Waals surface area (Å²) in [6, 6.07) is 0. The molecule has 2 rings (SSSR count). The quantitative estimate of drug-likeness (QED) is 0.876. The molecule has 0 saturated heterocycles. The normalized spacial score (nSPS) is 11.8. The molecule has 6 heteroatoms. The van der Waals surface area contributed by atoms with Crippen molar-refractivity contribution in [3.63, 3.8) is 0 Å². The van der Waals surface area contributed by atoms with E-state index in [0.717, 1.165) is 5.69 Å². The summed E-state index contributed by atoms with van der Waals surface area (Å²) < 4.78 is 1.92. The van der Waals surface area contributed by atoms with Gasteiger partial charge in [-0.1, -0.05) is 20.8 Å². The molecule has 0 fully saturated rings. The number of halogens is 1. The number of H-pyrrole nitrogens is 1. The van der Waals surface area contributed by atoms with Crippen molar-refractivity contribution in [1.82, 2.24) is 19.7 Å². The number of rotatable bonds is 1. The molecular weight excluding hydrogens is 284 g/mol. The van der Waals surface area contributed by atoms with Crippen molar-refractivity contribution in [3.05, 3.63) is 39.1 Å². The van der Waals surface area contributed by atoms with Crippen LogP contribution >= 0.6 is 15.9 Å². The van der Waals surface area contributed by atoms with Gasteiger partial charge in [-0.15, -0.1) is 0 Å². The van der Waals surface area contributed by atoms with Gasteiger partial charge in [0.25, 0.3) is 5.56 Å². The third kappa shape index (κ3) is 2.17. The minimum atomic E-state index is -0.157. The number of nitrogens with zero attached hydrogens (tertiary/aromatic N) is 3. The van der Waals surface area contributed by atoms with Crippen molar-refractivity contribution >= 4 is 15.9 Å². The van der Waals surface area contributed by atoms with E-state index in [1.54, 1.807) is 12.4 Å². The number of hydrogen-bond acceptors (Lipinski definition) is 3. The summed E-state index contributed by atoms with van der Waals surface area (Å²) in [5.74, 6) is 0.480. The Morgan fingerprint density at radius 2 is 2.06 bits per heavy atom. The predicted octanol–water partition coefficient (Wildman–Crippen LogP) is 2.02. The number of nitrogens with one attached hydrogen (secondary N) is 1. The summed E-state index contributed by atoms with van der Waals surface area (Å²) >= 11 is 3.32. The Bertz CT molecular complexity index is 580. The lowest BCUT2D eigenvalue weighted by molar-refractivity contribution is 0.556. The molecule has 0 aromatic carbocycles. The van der Waals surface area contributed by atoms with Gasteiger partial charge >= 0.3 is 0 Å². The van der Waals surface area contributed by atoms with Crippen LogP contribution < -0.4 is 5.56 Å². The van der Waals surface area contributed by atoms with Gasteiger partial charge in [-0.05, 0) is 15.9 Å². The first-order valence-corrected chi connectivity index (χ1v) is 5.98. The van der Waals surface area contributed by atoms with E-state index >= 15 is 0 Å². The molecule has 0 bridgehead atoms. The van der Waals surface area contributed by atoms with E-state index in [9.17, 15) is 4.79 Å². The van der Waals surface area contributed by atoms with Crippen molar-refractivity contribution < 1.29 is 0 Å². The van der Waals surface area contributed by atoms with Crippen LogP contribution in [-0.4, -0.2) is 19.7 Å². The first-order chi connectivity index (χ1) is 7.91. The molecule has 17 heavy (non-hydrogen) atoms. The SMILES string of the molecule is CC(C)(C)c1[nH]n(-c2cnccn2)c(=O)c1Br. The van der Waals surface area contributed by atoms with Gasteiger partial charge in [0.05, 0.1) is 11.9 Å². The van der Waals surface area contributed by atoms with E-state index in [0.29, 0.717) is 10.3 Å². The Hall–Kier alpha value is -1.43. The van der Waals surface area contributed by atoms with Crippen molar-refractivity contribution in [1.29, 1.82) is 0 Å². The zero-order valence-corrected chi connectivity index (χ0v) is 11.4. The van der Waals surface area contributed by atoms with Crippen LogP contribution in [0.4, 0.5) is 0 Å². The van der Waals surface area contributed by atoms with Gasteiger partial charge in [0.1, 0.15) is 4.47 Å². The summed E-state index contributed by atoms with van der Waals surface area (Å²) in [4.78, 5) is 20.1. The van der Waals surface area contributed by atoms with Crippen LogP contribution in [0.5, 0.6) is 0 Å². The predicted molar refractivity (Wildman–Crippen MR) is 68.4 cm³/mol. The van der Waals surface area contributed by atoms with Gasteiger partial charge in [-0.25, -0.2) is 4.98 Å². The lowest BCUT2D eigenvalue weighted by atomic mass is 9.93. The highest BCUT2D eigenvalue weighted by Crippen LogP contribution is 2.25. The summed E-state index contributed by atoms with van der Waals surface area (Å²) in [7, 11) is 0. The van der Waals surface area contributed by atoms with Gasteiger partial charge < -0.3 is 0 Å². The maximum absolute atomic E-state index is 12.1. The fourth-order valence-electron chi connectivity index (χ4n) is 1.48. The molecule has 90 valence electrons. The van der Waals surface area contributed by atoms with Gasteiger partial charge in [0.15, 0.2) is 5.82 Å². The zero-order valence-electron chi connectivity index (χ0n) is 9.86. The van der Waals surface area contributed by atoms with Crippen molar-refractivity contribution in [2.75, 3.05) is 0 Å². The monoisotopic (exact) mass is 296 g/mol. The van der Waals surface area contributed by atoms with Gasteiger partial charge in [-0.3, -0.25) is 14.9 Å². The molecule has 2 heterocycles. The van der Waals surface area contributed by atoms with Gasteiger partial charge in [0, 0.05) is 17.8 Å². The second-order valence-electron chi connectivity index (χ2n) is 4.75. The molecule has 0 saturated carbocycles. The van der Waals surface area contributed by atoms with Crippen LogP contribution in [0.1, 0.15) is 26.5 Å². The molecule has 0 aliphatic heterocycles. The molecule has 5 nitrogen and oxygen atoms in total. The van der Waals surface area contributed by atoms with Crippen LogP contribution in [0.2, 0.25) is 0 Å². The summed E-state index contributed by atoms with van der Waals surface area (Å²) in [5, 5.41) is 3.06. The second-order valence-corrected chi connectivity index (χ2v) is 5.55. The van der Waals surface area contributed by atoms with Gasteiger partial charge in [-0.2, -0.15) is 4.68 Å². The summed E-state index contributed by atoms with van der Waals surface area (Å²) in [6.45, 7) is 6.10. The molecular formula is C11H13BrN4O. The minimum absolute atomic E-state index is 0.147. The molecule has 0 radical (unpaired) electrons. The maximum atomic E-state index is 12.1. The fraction of sp³-hybridized carbons (Fsp3) is 0.364. The topological polar surface area (TPSA) is 63.6 Å². The van der Waals surface area contributed by atoms with Gasteiger partial charge in [0.2, 0.25) is 0 Å². The molecule has 0 aliphatic rings. The van der Waals surface area contributed by atoms with Crippen LogP contribution in [0.15, 0.2) is 27.9 Å². The maximum Gasteiger partial charge on any atom is 0.287 e. The average molecular weight is 297 g/mol. The third-order valence-corrected chi connectivity index (χ3v) is 3.10. The molecule has 1 N–H and O–H groups in total. The number of aromatic amines is 1. The highest BCUT2D eigenvalue weighted by atomic mass is 79.9. The van der Waals surface area contributed by atoms with E-state index in [1.165, 1.54) is 10.9 Å². The largest absolute Gasteiger partial charge is 0.292 e. The van der Waals surface area contributed by atoms with Crippen molar-refractivity contribution in [3.8, 4) is 5.82 Å². The molecule has 0 spiro atoms. The van der Waals surface area contributed by atoms with Crippen LogP contribution in [0.25, 0.3) is 5.82 Å². The van der Waals surface area contributed by atoms with Crippen LogP contribution in [0, 0.1) is 0 Å². The summed E-state index contributed by atoms with van der Waals surface area (Å²) in [5.41, 5.74) is 0.536. The van der Waals surface area contributed by atoms with E-state index in [-0.39, 0.29) is 11.0 Å². The molecule has 0 atom stereocenters. The molecule has 0 unspecified atom stereocenters. The van der Waals surface area contributed by atoms with E-state index < -0.39 is 0 Å². The Morgan fingerprint density at radius 3 is 2.53 bits per heavy atom. The summed E-state index contributed by atoms with van der Waals surface area (Å²) in [6.07, 6.45) is 4.65. The highest BCUT2D eigenvalue weighted by Gasteiger charge is 2.23. The first kappa shape index (κ1) is 12.0. The fourth-order valence-corrected chi connectivity index (χ4v) is 2.34. The van der Waals surface area contributed by atoms with Crippen LogP contribution in [0.3, 0.4) is 0 Å².